The van der Waals surface area contributed by atoms with Gasteiger partial charge in [-0.25, -0.2) is 4.39 Å². The number of ether oxygens (including phenoxy) is 1. The van der Waals surface area contributed by atoms with Crippen molar-refractivity contribution in [2.75, 3.05) is 44.7 Å². The van der Waals surface area contributed by atoms with Crippen molar-refractivity contribution in [3.8, 4) is 0 Å². The van der Waals surface area contributed by atoms with Crippen LogP contribution in [-0.2, 0) is 9.53 Å². The SMILES string of the molecule is CN1CCO[C@@H](C(=O)N[C@@H]2CCN(c3ccc(Cl)c(F)c3)C2)C1. The molecular weight excluding hydrogens is 321 g/mol. The molecule has 2 fully saturated rings. The van der Waals surface area contributed by atoms with Gasteiger partial charge in [0.2, 0.25) is 0 Å². The highest BCUT2D eigenvalue weighted by Gasteiger charge is 2.29. The number of halogens is 2. The molecule has 2 saturated heterocycles. The molecule has 2 aliphatic heterocycles. The van der Waals surface area contributed by atoms with Crippen LogP contribution >= 0.6 is 11.6 Å². The Bertz CT molecular complexity index is 586. The first-order chi connectivity index (χ1) is 11.0. The van der Waals surface area contributed by atoms with Crippen molar-refractivity contribution in [2.45, 2.75) is 18.6 Å². The van der Waals surface area contributed by atoms with Gasteiger partial charge in [0.25, 0.3) is 5.91 Å². The van der Waals surface area contributed by atoms with Gasteiger partial charge in [-0.2, -0.15) is 0 Å². The number of anilines is 1. The molecule has 7 heteroatoms. The van der Waals surface area contributed by atoms with Gasteiger partial charge in [0.05, 0.1) is 11.6 Å². The second kappa shape index (κ2) is 7.03. The lowest BCUT2D eigenvalue weighted by Gasteiger charge is -2.30. The number of carbonyl (C=O) groups is 1. The van der Waals surface area contributed by atoms with Crippen LogP contribution < -0.4 is 10.2 Å². The van der Waals surface area contributed by atoms with Crippen LogP contribution in [0.5, 0.6) is 0 Å². The molecule has 5 nitrogen and oxygen atoms in total. The zero-order valence-corrected chi connectivity index (χ0v) is 13.9. The van der Waals surface area contributed by atoms with Gasteiger partial charge in [0, 0.05) is 37.9 Å². The van der Waals surface area contributed by atoms with Crippen molar-refractivity contribution < 1.29 is 13.9 Å². The fraction of sp³-hybridized carbons (Fsp3) is 0.562. The van der Waals surface area contributed by atoms with Crippen LogP contribution in [-0.4, -0.2) is 62.8 Å². The van der Waals surface area contributed by atoms with Gasteiger partial charge in [0.15, 0.2) is 0 Å². The van der Waals surface area contributed by atoms with E-state index in [-0.39, 0.29) is 17.0 Å². The zero-order chi connectivity index (χ0) is 16.4. The Morgan fingerprint density at radius 3 is 2.96 bits per heavy atom. The lowest BCUT2D eigenvalue weighted by atomic mass is 10.2. The Morgan fingerprint density at radius 1 is 1.39 bits per heavy atom. The number of morpholine rings is 1. The largest absolute Gasteiger partial charge is 0.369 e. The number of hydrogen-bond acceptors (Lipinski definition) is 4. The molecule has 0 spiro atoms. The van der Waals surface area contributed by atoms with Crippen molar-refractivity contribution in [3.63, 3.8) is 0 Å². The molecule has 1 aromatic rings. The minimum absolute atomic E-state index is 0.0528. The number of hydrogen-bond donors (Lipinski definition) is 1. The van der Waals surface area contributed by atoms with Crippen LogP contribution in [0.1, 0.15) is 6.42 Å². The summed E-state index contributed by atoms with van der Waals surface area (Å²) in [6, 6.07) is 4.85. The van der Waals surface area contributed by atoms with E-state index in [0.717, 1.165) is 25.2 Å². The number of nitrogens with one attached hydrogen (secondary N) is 1. The third-order valence-electron chi connectivity index (χ3n) is 4.36. The molecule has 1 aromatic carbocycles. The molecular formula is C16H21ClFN3O2. The molecule has 2 heterocycles. The lowest BCUT2D eigenvalue weighted by Crippen LogP contribution is -2.51. The van der Waals surface area contributed by atoms with Crippen LogP contribution in [0.2, 0.25) is 5.02 Å². The van der Waals surface area contributed by atoms with Crippen LogP contribution in [0.4, 0.5) is 10.1 Å². The number of benzene rings is 1. The molecule has 0 saturated carbocycles. The number of amides is 1. The first-order valence-electron chi connectivity index (χ1n) is 7.83. The van der Waals surface area contributed by atoms with Gasteiger partial charge in [-0.3, -0.25) is 4.79 Å². The minimum Gasteiger partial charge on any atom is -0.369 e. The van der Waals surface area contributed by atoms with Crippen molar-refractivity contribution in [2.24, 2.45) is 0 Å². The van der Waals surface area contributed by atoms with Gasteiger partial charge in [-0.15, -0.1) is 0 Å². The Kier molecular flexibility index (Phi) is 5.04. The molecule has 23 heavy (non-hydrogen) atoms. The van der Waals surface area contributed by atoms with E-state index >= 15 is 0 Å². The summed E-state index contributed by atoms with van der Waals surface area (Å²) in [7, 11) is 1.98. The molecule has 0 radical (unpaired) electrons. The maximum absolute atomic E-state index is 13.6. The molecule has 2 atom stereocenters. The number of likely N-dealkylation sites (N-methyl/N-ethyl adjacent to an activating group) is 1. The van der Waals surface area contributed by atoms with Crippen LogP contribution in [0.25, 0.3) is 0 Å². The van der Waals surface area contributed by atoms with Gasteiger partial charge in [-0.1, -0.05) is 11.6 Å². The normalized spacial score (nSPS) is 25.6. The van der Waals surface area contributed by atoms with Crippen LogP contribution in [0, 0.1) is 5.82 Å². The van der Waals surface area contributed by atoms with E-state index in [4.69, 9.17) is 16.3 Å². The quantitative estimate of drug-likeness (QED) is 0.905. The molecule has 0 unspecified atom stereocenters. The van der Waals surface area contributed by atoms with Crippen LogP contribution in [0.3, 0.4) is 0 Å². The van der Waals surface area contributed by atoms with E-state index in [1.165, 1.54) is 6.07 Å². The molecule has 1 N–H and O–H groups in total. The molecule has 2 aliphatic rings. The maximum atomic E-state index is 13.6. The fourth-order valence-corrected chi connectivity index (χ4v) is 3.14. The highest BCUT2D eigenvalue weighted by Crippen LogP contribution is 2.25. The summed E-state index contributed by atoms with van der Waals surface area (Å²) in [6.45, 7) is 3.48. The molecule has 126 valence electrons. The predicted molar refractivity (Wildman–Crippen MR) is 87.4 cm³/mol. The summed E-state index contributed by atoms with van der Waals surface area (Å²) < 4.78 is 19.1. The van der Waals surface area contributed by atoms with Gasteiger partial charge < -0.3 is 19.9 Å². The van der Waals surface area contributed by atoms with Crippen molar-refractivity contribution >= 4 is 23.2 Å². The molecule has 0 aromatic heterocycles. The third-order valence-corrected chi connectivity index (χ3v) is 4.67. The minimum atomic E-state index is -0.421. The molecule has 1 amide bonds. The lowest BCUT2D eigenvalue weighted by molar-refractivity contribution is -0.138. The van der Waals surface area contributed by atoms with Crippen molar-refractivity contribution in [1.82, 2.24) is 10.2 Å². The molecule has 0 aliphatic carbocycles. The molecule has 3 rings (SSSR count). The van der Waals surface area contributed by atoms with Crippen molar-refractivity contribution in [1.29, 1.82) is 0 Å². The van der Waals surface area contributed by atoms with E-state index in [2.05, 4.69) is 15.1 Å². The zero-order valence-electron chi connectivity index (χ0n) is 13.1. The number of rotatable bonds is 3. The topological polar surface area (TPSA) is 44.8 Å². The van der Waals surface area contributed by atoms with E-state index in [0.29, 0.717) is 19.7 Å². The standard InChI is InChI=1S/C16H21ClFN3O2/c1-20-6-7-23-15(10-20)16(22)19-11-4-5-21(9-11)12-2-3-13(17)14(18)8-12/h2-3,8,11,15H,4-7,9-10H2,1H3,(H,19,22)/t11-,15-/m1/s1. The van der Waals surface area contributed by atoms with Gasteiger partial charge in [0.1, 0.15) is 11.9 Å². The van der Waals surface area contributed by atoms with Crippen molar-refractivity contribution in [3.05, 3.63) is 29.0 Å². The van der Waals surface area contributed by atoms with Gasteiger partial charge >= 0.3 is 0 Å². The summed E-state index contributed by atoms with van der Waals surface area (Å²) in [5.74, 6) is -0.485. The van der Waals surface area contributed by atoms with E-state index < -0.39 is 11.9 Å². The fourth-order valence-electron chi connectivity index (χ4n) is 3.02. The summed E-state index contributed by atoms with van der Waals surface area (Å²) in [4.78, 5) is 16.4. The predicted octanol–water partition coefficient (Wildman–Crippen LogP) is 1.50. The summed E-state index contributed by atoms with van der Waals surface area (Å²) in [6.07, 6.45) is 0.425. The smallest absolute Gasteiger partial charge is 0.250 e. The average Bonchev–Trinajstić information content (AvgIpc) is 2.98. The second-order valence-electron chi connectivity index (χ2n) is 6.16. The maximum Gasteiger partial charge on any atom is 0.250 e. The highest BCUT2D eigenvalue weighted by atomic mass is 35.5. The van der Waals surface area contributed by atoms with Crippen LogP contribution in [0.15, 0.2) is 18.2 Å². The van der Waals surface area contributed by atoms with Gasteiger partial charge in [-0.05, 0) is 31.7 Å². The number of nitrogens with zero attached hydrogens (tertiary/aromatic N) is 2. The second-order valence-corrected chi connectivity index (χ2v) is 6.57. The Hall–Kier alpha value is -1.37. The van der Waals surface area contributed by atoms with E-state index in [9.17, 15) is 9.18 Å². The summed E-state index contributed by atoms with van der Waals surface area (Å²) in [5, 5.41) is 3.16. The first kappa shape index (κ1) is 16.5. The molecule has 0 bridgehead atoms. The highest BCUT2D eigenvalue weighted by molar-refractivity contribution is 6.30. The Labute approximate surface area is 140 Å². The first-order valence-corrected chi connectivity index (χ1v) is 8.21. The third kappa shape index (κ3) is 3.94. The Balaban J connectivity index is 1.55. The monoisotopic (exact) mass is 341 g/mol. The number of carbonyl (C=O) groups excluding carboxylic acids is 1. The Morgan fingerprint density at radius 2 is 2.22 bits per heavy atom. The van der Waals surface area contributed by atoms with E-state index in [1.54, 1.807) is 12.1 Å². The average molecular weight is 342 g/mol. The summed E-state index contributed by atoms with van der Waals surface area (Å²) >= 11 is 5.71. The van der Waals surface area contributed by atoms with E-state index in [1.807, 2.05) is 7.05 Å². The summed E-state index contributed by atoms with van der Waals surface area (Å²) in [5.41, 5.74) is 0.789.